The van der Waals surface area contributed by atoms with E-state index in [0.29, 0.717) is 41.0 Å². The van der Waals surface area contributed by atoms with Crippen molar-refractivity contribution in [3.63, 3.8) is 0 Å². The van der Waals surface area contributed by atoms with Crippen LogP contribution in [0.15, 0.2) is 52.7 Å². The van der Waals surface area contributed by atoms with Crippen molar-refractivity contribution in [2.75, 3.05) is 0 Å². The van der Waals surface area contributed by atoms with Crippen molar-refractivity contribution in [2.24, 2.45) is 5.92 Å². The summed E-state index contributed by atoms with van der Waals surface area (Å²) in [4.78, 5) is 26.0. The highest BCUT2D eigenvalue weighted by Crippen LogP contribution is 2.52. The second-order valence-electron chi connectivity index (χ2n) is 13.7. The zero-order valence-electron chi connectivity index (χ0n) is 27.7. The van der Waals surface area contributed by atoms with E-state index in [0.717, 1.165) is 18.4 Å². The molecule has 7 nitrogen and oxygen atoms in total. The summed E-state index contributed by atoms with van der Waals surface area (Å²) >= 11 is 0. The Morgan fingerprint density at radius 2 is 1.73 bits per heavy atom. The lowest BCUT2D eigenvalue weighted by molar-refractivity contribution is -0.133. The maximum absolute atomic E-state index is 14.3. The van der Waals surface area contributed by atoms with Gasteiger partial charge in [-0.15, -0.1) is 0 Å². The molecular weight excluding hydrogens is 556 g/mol. The number of carboxylic acids is 1. The SMILES string of the molecule is CC(C)=CCC[C@]1(C)C=Cc2c(O)c3c(c(CC=C(C)C)c2O1)OC1/C(=C\CC(C)C(C)(C)OC1C/C=C(\C)C(=O)O)C3=O. The van der Waals surface area contributed by atoms with Gasteiger partial charge >= 0.3 is 5.97 Å². The summed E-state index contributed by atoms with van der Waals surface area (Å²) in [6.07, 6.45) is 13.0. The van der Waals surface area contributed by atoms with E-state index in [4.69, 9.17) is 14.2 Å². The zero-order valence-corrected chi connectivity index (χ0v) is 27.7. The van der Waals surface area contributed by atoms with E-state index < -0.39 is 29.4 Å². The molecule has 1 aromatic carbocycles. The lowest BCUT2D eigenvalue weighted by Crippen LogP contribution is -2.48. The monoisotopic (exact) mass is 604 g/mol. The molecule has 0 aliphatic carbocycles. The molecule has 7 heteroatoms. The number of ketones is 1. The molecule has 0 bridgehead atoms. The van der Waals surface area contributed by atoms with Gasteiger partial charge in [-0.3, -0.25) is 4.79 Å². The number of ether oxygens (including phenoxy) is 3. The van der Waals surface area contributed by atoms with Gasteiger partial charge in [-0.05, 0) is 106 Å². The molecule has 0 aromatic heterocycles. The normalized spacial score (nSPS) is 26.8. The molecule has 0 saturated carbocycles. The average molecular weight is 605 g/mol. The van der Waals surface area contributed by atoms with Crippen LogP contribution >= 0.6 is 0 Å². The molecule has 0 amide bonds. The lowest BCUT2D eigenvalue weighted by Gasteiger charge is -2.43. The van der Waals surface area contributed by atoms with Crippen LogP contribution in [0.1, 0.15) is 109 Å². The summed E-state index contributed by atoms with van der Waals surface area (Å²) in [6.45, 7) is 17.8. The van der Waals surface area contributed by atoms with Crippen molar-refractivity contribution in [3.8, 4) is 17.2 Å². The fourth-order valence-corrected chi connectivity index (χ4v) is 5.84. The first-order valence-electron chi connectivity index (χ1n) is 15.6. The first kappa shape index (κ1) is 33.3. The Balaban J connectivity index is 1.90. The van der Waals surface area contributed by atoms with Crippen LogP contribution in [0.4, 0.5) is 0 Å². The molecule has 0 fully saturated rings. The van der Waals surface area contributed by atoms with Crippen LogP contribution in [-0.2, 0) is 16.0 Å². The minimum atomic E-state index is -1.01. The predicted molar refractivity (Wildman–Crippen MR) is 174 cm³/mol. The number of fused-ring (bicyclic) bond motifs is 3. The Kier molecular flexibility index (Phi) is 9.69. The fraction of sp³-hybridized carbons (Fsp3) is 0.514. The molecule has 4 rings (SSSR count). The number of hydrogen-bond acceptors (Lipinski definition) is 6. The molecule has 3 heterocycles. The average Bonchev–Trinajstić information content (AvgIpc) is 2.92. The van der Waals surface area contributed by atoms with Gasteiger partial charge in [0.25, 0.3) is 0 Å². The van der Waals surface area contributed by atoms with Crippen molar-refractivity contribution >= 4 is 17.8 Å². The van der Waals surface area contributed by atoms with E-state index in [1.54, 1.807) is 13.0 Å². The van der Waals surface area contributed by atoms with Crippen LogP contribution in [0.3, 0.4) is 0 Å². The largest absolute Gasteiger partial charge is 0.506 e. The minimum absolute atomic E-state index is 0.0721. The molecule has 3 aliphatic heterocycles. The number of benzene rings is 1. The molecule has 0 spiro atoms. The van der Waals surface area contributed by atoms with Gasteiger partial charge in [-0.25, -0.2) is 4.79 Å². The number of phenols is 1. The van der Waals surface area contributed by atoms with Crippen molar-refractivity contribution < 1.29 is 34.0 Å². The van der Waals surface area contributed by atoms with Gasteiger partial charge in [0.1, 0.15) is 34.5 Å². The number of Topliss-reactive ketones (excluding diaryl/α,β-unsaturated/α-hetero) is 1. The second kappa shape index (κ2) is 12.8. The summed E-state index contributed by atoms with van der Waals surface area (Å²) < 4.78 is 20.1. The molecule has 1 aromatic rings. The quantitative estimate of drug-likeness (QED) is 0.227. The van der Waals surface area contributed by atoms with E-state index in [1.807, 2.05) is 52.8 Å². The predicted octanol–water partition coefficient (Wildman–Crippen LogP) is 8.31. The van der Waals surface area contributed by atoms with E-state index in [-0.39, 0.29) is 35.0 Å². The number of carbonyl (C=O) groups excluding carboxylic acids is 1. The van der Waals surface area contributed by atoms with E-state index in [9.17, 15) is 19.8 Å². The van der Waals surface area contributed by atoms with Crippen LogP contribution in [0, 0.1) is 5.92 Å². The van der Waals surface area contributed by atoms with Crippen LogP contribution in [0.2, 0.25) is 0 Å². The van der Waals surface area contributed by atoms with Crippen molar-refractivity contribution in [3.05, 3.63) is 69.4 Å². The van der Waals surface area contributed by atoms with Crippen molar-refractivity contribution in [2.45, 2.75) is 118 Å². The Hall–Kier alpha value is -3.58. The van der Waals surface area contributed by atoms with E-state index >= 15 is 0 Å². The second-order valence-corrected chi connectivity index (χ2v) is 13.7. The highest BCUT2D eigenvalue weighted by atomic mass is 16.6. The molecule has 0 saturated heterocycles. The Morgan fingerprint density at radius 1 is 1.05 bits per heavy atom. The molecule has 238 valence electrons. The molecular formula is C37H48O7. The number of hydrogen-bond donors (Lipinski definition) is 2. The number of carboxylic acid groups (broad SMARTS) is 1. The minimum Gasteiger partial charge on any atom is -0.506 e. The van der Waals surface area contributed by atoms with Gasteiger partial charge in [0.05, 0.1) is 11.2 Å². The number of aliphatic carboxylic acids is 1. The van der Waals surface area contributed by atoms with E-state index in [1.165, 1.54) is 5.57 Å². The highest BCUT2D eigenvalue weighted by Gasteiger charge is 2.46. The van der Waals surface area contributed by atoms with Gasteiger partial charge in [-0.1, -0.05) is 42.4 Å². The molecule has 2 N–H and O–H groups in total. The molecule has 44 heavy (non-hydrogen) atoms. The third-order valence-electron chi connectivity index (χ3n) is 9.06. The summed E-state index contributed by atoms with van der Waals surface area (Å²) in [6, 6.07) is 0. The van der Waals surface area contributed by atoms with Crippen LogP contribution < -0.4 is 9.47 Å². The smallest absolute Gasteiger partial charge is 0.330 e. The first-order chi connectivity index (χ1) is 20.5. The first-order valence-corrected chi connectivity index (χ1v) is 15.6. The van der Waals surface area contributed by atoms with Crippen molar-refractivity contribution in [1.29, 1.82) is 0 Å². The van der Waals surface area contributed by atoms with Crippen LogP contribution in [0.25, 0.3) is 6.08 Å². The van der Waals surface area contributed by atoms with Gasteiger partial charge in [-0.2, -0.15) is 0 Å². The van der Waals surface area contributed by atoms with Crippen LogP contribution in [-0.4, -0.2) is 45.4 Å². The number of rotatable bonds is 8. The van der Waals surface area contributed by atoms with Gasteiger partial charge < -0.3 is 24.4 Å². The maximum atomic E-state index is 14.3. The fourth-order valence-electron chi connectivity index (χ4n) is 5.84. The number of phenolic OH excluding ortho intramolecular Hbond substituents is 1. The summed E-state index contributed by atoms with van der Waals surface area (Å²) in [5.41, 5.74) is 3.08. The van der Waals surface area contributed by atoms with Crippen LogP contribution in [0.5, 0.6) is 17.2 Å². The van der Waals surface area contributed by atoms with Gasteiger partial charge in [0, 0.05) is 16.7 Å². The summed E-state index contributed by atoms with van der Waals surface area (Å²) in [5.74, 6) is -0.587. The van der Waals surface area contributed by atoms with E-state index in [2.05, 4.69) is 32.9 Å². The number of carbonyl (C=O) groups is 2. The third-order valence-corrected chi connectivity index (χ3v) is 9.06. The number of aromatic hydroxyl groups is 1. The maximum Gasteiger partial charge on any atom is 0.330 e. The molecule has 4 atom stereocenters. The molecule has 0 radical (unpaired) electrons. The zero-order chi connectivity index (χ0) is 32.6. The molecule has 3 unspecified atom stereocenters. The third kappa shape index (κ3) is 6.88. The Labute approximate surface area is 262 Å². The number of allylic oxidation sites excluding steroid dienone is 5. The molecule has 3 aliphatic rings. The Morgan fingerprint density at radius 3 is 2.36 bits per heavy atom. The standard InChI is InChI=1S/C37H48O7/c1-21(2)11-10-19-37(9)20-18-26-31(39)29-30(38)25-16-14-24(6)36(7,8)43-28(17-13-23(5)35(40)41)33(25)42-34(29)27(32(26)44-37)15-12-22(3)4/h11-13,16,18,20,24,28,33,39H,10,14-15,17,19H2,1-9H3,(H,40,41)/b23-13+,25-16-/t24?,28?,33?,37-/m1/s1. The van der Waals surface area contributed by atoms with Gasteiger partial charge in [0.15, 0.2) is 11.9 Å². The van der Waals surface area contributed by atoms with Gasteiger partial charge in [0.2, 0.25) is 0 Å². The summed E-state index contributed by atoms with van der Waals surface area (Å²) in [7, 11) is 0. The Bertz CT molecular complexity index is 1480. The highest BCUT2D eigenvalue weighted by molar-refractivity contribution is 6.15. The topological polar surface area (TPSA) is 102 Å². The lowest BCUT2D eigenvalue weighted by atomic mass is 9.81. The van der Waals surface area contributed by atoms with Crippen molar-refractivity contribution in [1.82, 2.24) is 0 Å². The summed E-state index contributed by atoms with van der Waals surface area (Å²) in [5, 5.41) is 21.1.